The van der Waals surface area contributed by atoms with Gasteiger partial charge in [0.2, 0.25) is 5.91 Å². The summed E-state index contributed by atoms with van der Waals surface area (Å²) in [6.07, 6.45) is 2.43. The lowest BCUT2D eigenvalue weighted by Crippen LogP contribution is -2.44. The topological polar surface area (TPSA) is 58.4 Å². The SMILES string of the molecule is CC(C)(C)C(=O)NCC1CCCN(CCN)C1.Cl. The summed E-state index contributed by atoms with van der Waals surface area (Å²) < 4.78 is 0. The molecular weight excluding hydrogens is 250 g/mol. The van der Waals surface area contributed by atoms with E-state index in [1.165, 1.54) is 12.8 Å². The molecule has 1 aliphatic heterocycles. The van der Waals surface area contributed by atoms with Gasteiger partial charge in [0.25, 0.3) is 0 Å². The van der Waals surface area contributed by atoms with Crippen LogP contribution >= 0.6 is 12.4 Å². The summed E-state index contributed by atoms with van der Waals surface area (Å²) in [6, 6.07) is 0. The highest BCUT2D eigenvalue weighted by Gasteiger charge is 2.24. The van der Waals surface area contributed by atoms with E-state index in [-0.39, 0.29) is 23.7 Å². The van der Waals surface area contributed by atoms with Crippen LogP contribution in [0.15, 0.2) is 0 Å². The summed E-state index contributed by atoms with van der Waals surface area (Å²) in [5.74, 6) is 0.732. The summed E-state index contributed by atoms with van der Waals surface area (Å²) in [4.78, 5) is 14.2. The second kappa shape index (κ2) is 7.97. The molecule has 0 bridgehead atoms. The number of likely N-dealkylation sites (tertiary alicyclic amines) is 1. The summed E-state index contributed by atoms with van der Waals surface area (Å²) in [7, 11) is 0. The first-order valence-electron chi connectivity index (χ1n) is 6.64. The third-order valence-electron chi connectivity index (χ3n) is 3.28. The van der Waals surface area contributed by atoms with Crippen LogP contribution in [0.1, 0.15) is 33.6 Å². The zero-order valence-electron chi connectivity index (χ0n) is 11.9. The Balaban J connectivity index is 0.00000289. The lowest BCUT2D eigenvalue weighted by Gasteiger charge is -2.33. The van der Waals surface area contributed by atoms with Crippen molar-refractivity contribution in [2.75, 3.05) is 32.7 Å². The Hall–Kier alpha value is -0.320. The van der Waals surface area contributed by atoms with Gasteiger partial charge in [-0.25, -0.2) is 0 Å². The first-order chi connectivity index (χ1) is 7.93. The molecule has 0 radical (unpaired) electrons. The second-order valence-corrected chi connectivity index (χ2v) is 6.06. The monoisotopic (exact) mass is 277 g/mol. The average molecular weight is 278 g/mol. The van der Waals surface area contributed by atoms with E-state index in [2.05, 4.69) is 10.2 Å². The van der Waals surface area contributed by atoms with Crippen molar-refractivity contribution in [1.82, 2.24) is 10.2 Å². The first-order valence-corrected chi connectivity index (χ1v) is 6.64. The van der Waals surface area contributed by atoms with Gasteiger partial charge < -0.3 is 16.0 Å². The molecule has 0 spiro atoms. The summed E-state index contributed by atoms with van der Waals surface area (Å²) >= 11 is 0. The van der Waals surface area contributed by atoms with Gasteiger partial charge in [0.15, 0.2) is 0 Å². The van der Waals surface area contributed by atoms with Crippen molar-refractivity contribution >= 4 is 18.3 Å². The van der Waals surface area contributed by atoms with Crippen LogP contribution < -0.4 is 11.1 Å². The molecule has 18 heavy (non-hydrogen) atoms. The van der Waals surface area contributed by atoms with Crippen LogP contribution in [0.4, 0.5) is 0 Å². The van der Waals surface area contributed by atoms with Crippen LogP contribution in [0.5, 0.6) is 0 Å². The van der Waals surface area contributed by atoms with E-state index in [0.29, 0.717) is 5.92 Å². The number of amides is 1. The summed E-state index contributed by atoms with van der Waals surface area (Å²) in [5, 5.41) is 3.06. The van der Waals surface area contributed by atoms with Gasteiger partial charge >= 0.3 is 0 Å². The molecule has 0 saturated carbocycles. The minimum Gasteiger partial charge on any atom is -0.355 e. The van der Waals surface area contributed by atoms with Crippen molar-refractivity contribution in [3.05, 3.63) is 0 Å². The number of hydrogen-bond acceptors (Lipinski definition) is 3. The highest BCUT2D eigenvalue weighted by Crippen LogP contribution is 2.17. The zero-order valence-corrected chi connectivity index (χ0v) is 12.7. The summed E-state index contributed by atoms with van der Waals surface area (Å²) in [6.45, 7) is 10.6. The van der Waals surface area contributed by atoms with E-state index in [9.17, 15) is 4.79 Å². The Morgan fingerprint density at radius 3 is 2.67 bits per heavy atom. The highest BCUT2D eigenvalue weighted by molar-refractivity contribution is 5.85. The van der Waals surface area contributed by atoms with Crippen molar-refractivity contribution in [2.24, 2.45) is 17.1 Å². The normalized spacial score (nSPS) is 21.2. The molecule has 1 rings (SSSR count). The van der Waals surface area contributed by atoms with Crippen molar-refractivity contribution in [3.63, 3.8) is 0 Å². The number of nitrogens with two attached hydrogens (primary N) is 1. The molecule has 1 atom stereocenters. The number of piperidine rings is 1. The van der Waals surface area contributed by atoms with Crippen LogP contribution in [-0.2, 0) is 4.79 Å². The van der Waals surface area contributed by atoms with Gasteiger partial charge in [-0.1, -0.05) is 20.8 Å². The van der Waals surface area contributed by atoms with Gasteiger partial charge in [-0.15, -0.1) is 12.4 Å². The Morgan fingerprint density at radius 2 is 2.11 bits per heavy atom. The third kappa shape index (κ3) is 6.03. The number of carbonyl (C=O) groups excluding carboxylic acids is 1. The molecule has 3 N–H and O–H groups in total. The number of nitrogens with zero attached hydrogens (tertiary/aromatic N) is 1. The molecule has 5 heteroatoms. The van der Waals surface area contributed by atoms with E-state index in [0.717, 1.165) is 32.7 Å². The molecule has 0 aromatic rings. The standard InChI is InChI=1S/C13H27N3O.ClH/c1-13(2,3)12(17)15-9-11-5-4-7-16(10-11)8-6-14;/h11H,4-10,14H2,1-3H3,(H,15,17);1H. The third-order valence-corrected chi connectivity index (χ3v) is 3.28. The van der Waals surface area contributed by atoms with Crippen LogP contribution in [0.3, 0.4) is 0 Å². The molecule has 1 unspecified atom stereocenters. The number of carbonyl (C=O) groups is 1. The highest BCUT2D eigenvalue weighted by atomic mass is 35.5. The van der Waals surface area contributed by atoms with Crippen LogP contribution in [0.25, 0.3) is 0 Å². The van der Waals surface area contributed by atoms with Gasteiger partial charge in [0.05, 0.1) is 0 Å². The largest absolute Gasteiger partial charge is 0.355 e. The smallest absolute Gasteiger partial charge is 0.225 e. The molecule has 1 amide bonds. The Kier molecular flexibility index (Phi) is 7.83. The molecule has 0 aromatic heterocycles. The van der Waals surface area contributed by atoms with E-state index >= 15 is 0 Å². The van der Waals surface area contributed by atoms with Gasteiger partial charge in [-0.2, -0.15) is 0 Å². The van der Waals surface area contributed by atoms with Crippen molar-refractivity contribution < 1.29 is 4.79 Å². The molecule has 108 valence electrons. The number of halogens is 1. The number of nitrogens with one attached hydrogen (secondary N) is 1. The quantitative estimate of drug-likeness (QED) is 0.813. The van der Waals surface area contributed by atoms with Gasteiger partial charge in [0.1, 0.15) is 0 Å². The van der Waals surface area contributed by atoms with Gasteiger partial charge in [-0.3, -0.25) is 4.79 Å². The second-order valence-electron chi connectivity index (χ2n) is 6.06. The van der Waals surface area contributed by atoms with Gasteiger partial charge in [0, 0.05) is 31.6 Å². The van der Waals surface area contributed by atoms with Crippen LogP contribution in [0.2, 0.25) is 0 Å². The molecule has 1 saturated heterocycles. The van der Waals surface area contributed by atoms with Crippen LogP contribution in [0, 0.1) is 11.3 Å². The fourth-order valence-electron chi connectivity index (χ4n) is 2.21. The maximum atomic E-state index is 11.8. The predicted molar refractivity (Wildman–Crippen MR) is 77.9 cm³/mol. The van der Waals surface area contributed by atoms with E-state index in [4.69, 9.17) is 5.73 Å². The van der Waals surface area contributed by atoms with E-state index in [1.807, 2.05) is 20.8 Å². The number of hydrogen-bond donors (Lipinski definition) is 2. The van der Waals surface area contributed by atoms with Crippen molar-refractivity contribution in [2.45, 2.75) is 33.6 Å². The average Bonchev–Trinajstić information content (AvgIpc) is 2.25. The van der Waals surface area contributed by atoms with E-state index < -0.39 is 0 Å². The molecule has 1 fully saturated rings. The van der Waals surface area contributed by atoms with E-state index in [1.54, 1.807) is 0 Å². The molecule has 0 aromatic carbocycles. The number of rotatable bonds is 4. The summed E-state index contributed by atoms with van der Waals surface area (Å²) in [5.41, 5.74) is 5.29. The van der Waals surface area contributed by atoms with Crippen LogP contribution in [-0.4, -0.2) is 43.5 Å². The Morgan fingerprint density at radius 1 is 1.44 bits per heavy atom. The predicted octanol–water partition coefficient (Wildman–Crippen LogP) is 1.24. The first kappa shape index (κ1) is 17.7. The lowest BCUT2D eigenvalue weighted by molar-refractivity contribution is -0.128. The Labute approximate surface area is 117 Å². The molecule has 4 nitrogen and oxygen atoms in total. The fourth-order valence-corrected chi connectivity index (χ4v) is 2.21. The molecular formula is C13H28ClN3O. The zero-order chi connectivity index (χ0) is 12.9. The van der Waals surface area contributed by atoms with Crippen molar-refractivity contribution in [1.29, 1.82) is 0 Å². The molecule has 0 aliphatic carbocycles. The maximum absolute atomic E-state index is 11.8. The molecule has 1 aliphatic rings. The maximum Gasteiger partial charge on any atom is 0.225 e. The molecule has 1 heterocycles. The van der Waals surface area contributed by atoms with Gasteiger partial charge in [-0.05, 0) is 25.3 Å². The lowest BCUT2D eigenvalue weighted by atomic mass is 9.94. The Bertz CT molecular complexity index is 251. The fraction of sp³-hybridized carbons (Fsp3) is 0.923. The minimum absolute atomic E-state index is 0. The van der Waals surface area contributed by atoms with Crippen molar-refractivity contribution in [3.8, 4) is 0 Å². The minimum atomic E-state index is -0.286.